The van der Waals surface area contributed by atoms with Gasteiger partial charge in [-0.3, -0.25) is 18.6 Å². The Kier molecular flexibility index (Phi) is 34.3. The largest absolute Gasteiger partial charge is 0.472 e. The molecule has 0 bridgehead atoms. The predicted octanol–water partition coefficient (Wildman–Crippen LogP) is 11.3. The van der Waals surface area contributed by atoms with Gasteiger partial charge in [0.05, 0.1) is 27.7 Å². The van der Waals surface area contributed by atoms with Crippen LogP contribution in [0.25, 0.3) is 0 Å². The van der Waals surface area contributed by atoms with Gasteiger partial charge in [0.1, 0.15) is 19.3 Å². The van der Waals surface area contributed by atoms with Gasteiger partial charge in [-0.1, -0.05) is 152 Å². The summed E-state index contributed by atoms with van der Waals surface area (Å²) in [6.45, 7) is 4.04. The van der Waals surface area contributed by atoms with Gasteiger partial charge in [-0.25, -0.2) is 4.57 Å². The van der Waals surface area contributed by atoms with E-state index in [1.165, 1.54) is 77.0 Å². The molecule has 0 fully saturated rings. The molecule has 0 aliphatic carbocycles. The number of phosphoric acid groups is 1. The number of phosphoric ester groups is 1. The Morgan fingerprint density at radius 1 is 0.685 bits per heavy atom. The summed E-state index contributed by atoms with van der Waals surface area (Å²) in [6.07, 6.45) is 38.4. The second-order valence-corrected chi connectivity index (χ2v) is 16.9. The number of rotatable bonds is 38. The van der Waals surface area contributed by atoms with Crippen molar-refractivity contribution in [2.75, 3.05) is 40.9 Å². The Bertz CT molecular complexity index is 1080. The molecule has 0 saturated carbocycles. The maximum Gasteiger partial charge on any atom is 0.472 e. The molecule has 0 rings (SSSR count). The lowest BCUT2D eigenvalue weighted by molar-refractivity contribution is -0.870. The van der Waals surface area contributed by atoms with Crippen molar-refractivity contribution in [2.45, 2.75) is 180 Å². The summed E-state index contributed by atoms with van der Waals surface area (Å²) in [7, 11) is 1.09. The molecule has 54 heavy (non-hydrogen) atoms. The first-order chi connectivity index (χ1) is 26.0. The zero-order chi connectivity index (χ0) is 40.2. The SMILES string of the molecule is CCCCC/C=C\C/C=C\C/C=C\C/C=C\CCCC(=O)C(OC(=O)[14CH2]CCCCCCCCCCCCCC)[C@H](CO)OP(=O)(O)OCC[N+](C)(C)C. The van der Waals surface area contributed by atoms with Crippen molar-refractivity contribution in [1.29, 1.82) is 0 Å². The third-order valence-corrected chi connectivity index (χ3v) is 10.2. The zero-order valence-corrected chi connectivity index (χ0v) is 36.0. The van der Waals surface area contributed by atoms with Crippen molar-refractivity contribution in [2.24, 2.45) is 0 Å². The minimum absolute atomic E-state index is 0.0622. The second-order valence-electron chi connectivity index (χ2n) is 15.5. The number of Topliss-reactive ketones (excluding diaryl/α,β-unsaturated/α-hetero) is 1. The van der Waals surface area contributed by atoms with E-state index in [2.05, 4.69) is 50.3 Å². The average Bonchev–Trinajstić information content (AvgIpc) is 3.12. The van der Waals surface area contributed by atoms with Crippen LogP contribution >= 0.6 is 7.82 Å². The fraction of sp³-hybridized carbons (Fsp3) is 0.773. The molecule has 0 saturated heterocycles. The number of aliphatic hydroxyl groups is 1. The van der Waals surface area contributed by atoms with Crippen molar-refractivity contribution in [3.05, 3.63) is 48.6 Å². The standard InChI is InChI=1S/C44H80NO8P/c1-6-8-10-12-14-16-18-20-21-22-23-25-26-28-30-32-34-36-41(47)44(42(40-46)53-54(49,50)51-39-38-45(3,4)5)52-43(48)37-35-33-31-29-27-24-19-17-15-13-11-9-7-2/h14,16,20-21,23,25,28,30,42,44,46H,6-13,15,17-19,22,24,26-27,29,31-40H2,1-5H3/p+1/b16-14-,21-20-,25-23-,30-28-/t42-,44?/m0/s1/i37+2. The first-order valence-corrected chi connectivity index (χ1v) is 22.8. The van der Waals surface area contributed by atoms with Crippen LogP contribution in [0.2, 0.25) is 0 Å². The van der Waals surface area contributed by atoms with Gasteiger partial charge in [-0.05, 0) is 51.4 Å². The van der Waals surface area contributed by atoms with E-state index in [1.54, 1.807) is 0 Å². The first-order valence-electron chi connectivity index (χ1n) is 21.3. The smallest absolute Gasteiger partial charge is 0.451 e. The predicted molar refractivity (Wildman–Crippen MR) is 224 cm³/mol. The third-order valence-electron chi connectivity index (χ3n) is 9.11. The Labute approximate surface area is 330 Å². The molecule has 0 aromatic rings. The number of quaternary nitrogens is 1. The highest BCUT2D eigenvalue weighted by Crippen LogP contribution is 2.45. The van der Waals surface area contributed by atoms with Crippen molar-refractivity contribution >= 4 is 19.6 Å². The lowest BCUT2D eigenvalue weighted by atomic mass is 10.0. The monoisotopic (exact) mass is 785 g/mol. The molecule has 0 aromatic heterocycles. The van der Waals surface area contributed by atoms with Gasteiger partial charge in [0.25, 0.3) is 0 Å². The second kappa shape index (κ2) is 35.5. The third kappa shape index (κ3) is 34.6. The summed E-state index contributed by atoms with van der Waals surface area (Å²) in [5.41, 5.74) is 0. The van der Waals surface area contributed by atoms with Gasteiger partial charge in [-0.2, -0.15) is 0 Å². The summed E-state index contributed by atoms with van der Waals surface area (Å²) in [5, 5.41) is 10.1. The van der Waals surface area contributed by atoms with Crippen LogP contribution in [0.1, 0.15) is 168 Å². The highest BCUT2D eigenvalue weighted by Gasteiger charge is 2.38. The van der Waals surface area contributed by atoms with Gasteiger partial charge in [0.15, 0.2) is 11.9 Å². The van der Waals surface area contributed by atoms with Gasteiger partial charge < -0.3 is 19.2 Å². The molecule has 0 aliphatic rings. The highest BCUT2D eigenvalue weighted by molar-refractivity contribution is 7.47. The molecule has 0 heterocycles. The Morgan fingerprint density at radius 3 is 1.65 bits per heavy atom. The van der Waals surface area contributed by atoms with Crippen LogP contribution < -0.4 is 0 Å². The van der Waals surface area contributed by atoms with Crippen molar-refractivity contribution < 1.29 is 42.4 Å². The molecule has 9 nitrogen and oxygen atoms in total. The van der Waals surface area contributed by atoms with Crippen LogP contribution in [0.3, 0.4) is 0 Å². The molecule has 0 aromatic carbocycles. The number of ketones is 1. The van der Waals surface area contributed by atoms with Crippen LogP contribution in [-0.4, -0.2) is 79.3 Å². The number of hydrogen-bond donors (Lipinski definition) is 2. The van der Waals surface area contributed by atoms with E-state index in [-0.39, 0.29) is 19.4 Å². The van der Waals surface area contributed by atoms with E-state index in [1.807, 2.05) is 33.3 Å². The molecule has 0 aliphatic heterocycles. The highest BCUT2D eigenvalue weighted by atomic mass is 31.2. The number of ether oxygens (including phenoxy) is 1. The maximum absolute atomic E-state index is 13.3. The van der Waals surface area contributed by atoms with E-state index in [0.29, 0.717) is 30.3 Å². The molecule has 0 spiro atoms. The summed E-state index contributed by atoms with van der Waals surface area (Å²) >= 11 is 0. The topological polar surface area (TPSA) is 119 Å². The van der Waals surface area contributed by atoms with Crippen molar-refractivity contribution in [1.82, 2.24) is 0 Å². The summed E-state index contributed by atoms with van der Waals surface area (Å²) in [4.78, 5) is 36.6. The van der Waals surface area contributed by atoms with Gasteiger partial charge >= 0.3 is 13.8 Å². The molecule has 0 radical (unpaired) electrons. The fourth-order valence-electron chi connectivity index (χ4n) is 5.75. The molecule has 2 N–H and O–H groups in total. The quantitative estimate of drug-likeness (QED) is 0.0209. The summed E-state index contributed by atoms with van der Waals surface area (Å²) in [5.74, 6) is -1.05. The van der Waals surface area contributed by atoms with E-state index in [9.17, 15) is 24.2 Å². The van der Waals surface area contributed by atoms with Gasteiger partial charge in [-0.15, -0.1) is 0 Å². The van der Waals surface area contributed by atoms with E-state index < -0.39 is 38.4 Å². The number of carbonyl (C=O) groups is 2. The minimum atomic E-state index is -4.64. The van der Waals surface area contributed by atoms with Gasteiger partial charge in [0.2, 0.25) is 0 Å². The van der Waals surface area contributed by atoms with E-state index in [0.717, 1.165) is 44.9 Å². The number of esters is 1. The van der Waals surface area contributed by atoms with Crippen LogP contribution in [0, 0.1) is 0 Å². The number of hydrogen-bond acceptors (Lipinski definition) is 7. The number of carbonyl (C=O) groups excluding carboxylic acids is 2. The normalized spacial score (nSPS) is 14.8. The minimum Gasteiger partial charge on any atom is -0.451 e. The zero-order valence-electron chi connectivity index (χ0n) is 35.1. The molecule has 314 valence electrons. The lowest BCUT2D eigenvalue weighted by Crippen LogP contribution is -2.42. The molecule has 10 heteroatoms. The number of aliphatic hydroxyl groups excluding tert-OH is 1. The summed E-state index contributed by atoms with van der Waals surface area (Å²) < 4.78 is 29.2. The van der Waals surface area contributed by atoms with Crippen LogP contribution in [0.5, 0.6) is 0 Å². The Balaban J connectivity index is 4.82. The van der Waals surface area contributed by atoms with E-state index in [4.69, 9.17) is 13.8 Å². The molecule has 0 amide bonds. The van der Waals surface area contributed by atoms with Crippen LogP contribution in [-0.2, 0) is 27.9 Å². The number of likely N-dealkylation sites (N-methyl/N-ethyl adjacent to an activating group) is 1. The van der Waals surface area contributed by atoms with Crippen LogP contribution in [0.15, 0.2) is 48.6 Å². The lowest BCUT2D eigenvalue weighted by Gasteiger charge is -2.27. The molecule has 3 atom stereocenters. The van der Waals surface area contributed by atoms with Crippen molar-refractivity contribution in [3.8, 4) is 0 Å². The van der Waals surface area contributed by atoms with Crippen molar-refractivity contribution in [3.63, 3.8) is 0 Å². The maximum atomic E-state index is 13.3. The van der Waals surface area contributed by atoms with E-state index >= 15 is 0 Å². The Hall–Kier alpha value is -1.87. The number of allylic oxidation sites excluding steroid dienone is 8. The molecular weight excluding hydrogens is 703 g/mol. The molecule has 2 unspecified atom stereocenters. The summed E-state index contributed by atoms with van der Waals surface area (Å²) in [6, 6.07) is 0. The Morgan fingerprint density at radius 2 is 1.15 bits per heavy atom. The number of nitrogens with zero attached hydrogens (tertiary/aromatic N) is 1. The van der Waals surface area contributed by atoms with Crippen LogP contribution in [0.4, 0.5) is 0 Å². The fourth-order valence-corrected chi connectivity index (χ4v) is 6.64. The van der Waals surface area contributed by atoms with Gasteiger partial charge in [0, 0.05) is 12.8 Å². The average molecular weight is 785 g/mol. The number of unbranched alkanes of at least 4 members (excludes halogenated alkanes) is 16. The molecular formula is C44H81NO8P+. The first kappa shape index (κ1) is 52.1.